The Hall–Kier alpha value is -3.05. The number of carbonyl (C=O) groups excluding carboxylic acids is 1. The summed E-state index contributed by atoms with van der Waals surface area (Å²) in [5, 5.41) is 9.29. The van der Waals surface area contributed by atoms with Crippen LogP contribution < -0.4 is 9.47 Å². The minimum atomic E-state index is -3.07. The molecule has 3 heterocycles. The highest BCUT2D eigenvalue weighted by molar-refractivity contribution is 7.99. The lowest BCUT2D eigenvalue weighted by atomic mass is 10.2. The van der Waals surface area contributed by atoms with Crippen molar-refractivity contribution in [3.05, 3.63) is 60.4 Å². The van der Waals surface area contributed by atoms with E-state index < -0.39 is 15.9 Å². The maximum absolute atomic E-state index is 12.8. The molecule has 34 heavy (non-hydrogen) atoms. The van der Waals surface area contributed by atoms with E-state index in [9.17, 15) is 13.2 Å². The number of hydrogen-bond acceptors (Lipinski definition) is 8. The summed E-state index contributed by atoms with van der Waals surface area (Å²) in [5.74, 6) is 2.00. The van der Waals surface area contributed by atoms with Crippen molar-refractivity contribution in [2.75, 3.05) is 30.9 Å². The molecule has 1 saturated heterocycles. The standard InChI is InChI=1S/C23H24N4O5S2/c1-26(17-11-12-34(29,30)15-17)21(28)14-33-23-25-24-22(27(23)16-7-3-2-4-8-16)20-13-31-18-9-5-6-10-19(18)32-20/h2-10,17,20H,11-15H2,1H3. The maximum atomic E-state index is 12.8. The van der Waals surface area contributed by atoms with E-state index in [1.807, 2.05) is 59.2 Å². The van der Waals surface area contributed by atoms with Crippen molar-refractivity contribution >= 4 is 27.5 Å². The second-order valence-electron chi connectivity index (χ2n) is 8.23. The zero-order chi connectivity index (χ0) is 23.7. The molecule has 1 aromatic heterocycles. The van der Waals surface area contributed by atoms with Gasteiger partial charge in [0.05, 0.1) is 17.3 Å². The van der Waals surface area contributed by atoms with E-state index >= 15 is 0 Å². The summed E-state index contributed by atoms with van der Waals surface area (Å²) in [6.45, 7) is 0.282. The van der Waals surface area contributed by atoms with Gasteiger partial charge in [-0.2, -0.15) is 0 Å². The first-order valence-electron chi connectivity index (χ1n) is 10.9. The molecule has 5 rings (SSSR count). The average Bonchev–Trinajstić information content (AvgIpc) is 3.45. The van der Waals surface area contributed by atoms with E-state index in [0.29, 0.717) is 28.9 Å². The largest absolute Gasteiger partial charge is 0.485 e. The number of amides is 1. The molecule has 2 aromatic carbocycles. The number of rotatable bonds is 6. The predicted octanol–water partition coefficient (Wildman–Crippen LogP) is 2.52. The van der Waals surface area contributed by atoms with Gasteiger partial charge in [0, 0.05) is 18.8 Å². The molecular formula is C23H24N4O5S2. The van der Waals surface area contributed by atoms with Crippen LogP contribution in [0.2, 0.25) is 0 Å². The molecule has 1 amide bonds. The van der Waals surface area contributed by atoms with Crippen LogP contribution in [0.3, 0.4) is 0 Å². The molecule has 178 valence electrons. The van der Waals surface area contributed by atoms with Crippen LogP contribution in [0, 0.1) is 0 Å². The van der Waals surface area contributed by atoms with E-state index in [1.54, 1.807) is 7.05 Å². The maximum Gasteiger partial charge on any atom is 0.233 e. The van der Waals surface area contributed by atoms with Gasteiger partial charge in [0.15, 0.2) is 38.4 Å². The number of nitrogens with zero attached hydrogens (tertiary/aromatic N) is 4. The molecule has 0 radical (unpaired) electrons. The first-order chi connectivity index (χ1) is 16.4. The Balaban J connectivity index is 1.37. The predicted molar refractivity (Wildman–Crippen MR) is 127 cm³/mol. The summed E-state index contributed by atoms with van der Waals surface area (Å²) in [6, 6.07) is 16.8. The van der Waals surface area contributed by atoms with Crippen molar-refractivity contribution in [1.29, 1.82) is 0 Å². The van der Waals surface area contributed by atoms with E-state index in [-0.39, 0.29) is 35.8 Å². The molecule has 2 atom stereocenters. The van der Waals surface area contributed by atoms with Gasteiger partial charge >= 0.3 is 0 Å². The number of para-hydroxylation sites is 3. The van der Waals surface area contributed by atoms with E-state index in [0.717, 1.165) is 5.69 Å². The summed E-state index contributed by atoms with van der Waals surface area (Å²) in [4.78, 5) is 14.4. The molecule has 0 N–H and O–H groups in total. The summed E-state index contributed by atoms with van der Waals surface area (Å²) in [6.07, 6.45) is -0.000823. The Kier molecular flexibility index (Phi) is 6.22. The minimum absolute atomic E-state index is 0.0186. The van der Waals surface area contributed by atoms with Crippen molar-refractivity contribution in [1.82, 2.24) is 19.7 Å². The molecule has 11 heteroatoms. The Morgan fingerprint density at radius 1 is 1.12 bits per heavy atom. The number of aromatic nitrogens is 3. The van der Waals surface area contributed by atoms with Crippen LogP contribution in [0.1, 0.15) is 18.3 Å². The van der Waals surface area contributed by atoms with Gasteiger partial charge in [-0.05, 0) is 30.7 Å². The third-order valence-corrected chi connectivity index (χ3v) is 8.61. The number of benzene rings is 2. The zero-order valence-electron chi connectivity index (χ0n) is 18.5. The van der Waals surface area contributed by atoms with E-state index in [1.165, 1.54) is 16.7 Å². The second-order valence-corrected chi connectivity index (χ2v) is 11.4. The lowest BCUT2D eigenvalue weighted by Gasteiger charge is -2.26. The smallest absolute Gasteiger partial charge is 0.233 e. The highest BCUT2D eigenvalue weighted by atomic mass is 32.2. The zero-order valence-corrected chi connectivity index (χ0v) is 20.2. The van der Waals surface area contributed by atoms with Crippen LogP contribution >= 0.6 is 11.8 Å². The number of fused-ring (bicyclic) bond motifs is 1. The fraction of sp³-hybridized carbons (Fsp3) is 0.348. The van der Waals surface area contributed by atoms with Gasteiger partial charge in [-0.25, -0.2) is 8.42 Å². The van der Waals surface area contributed by atoms with Gasteiger partial charge in [-0.15, -0.1) is 10.2 Å². The van der Waals surface area contributed by atoms with Gasteiger partial charge in [0.1, 0.15) is 6.61 Å². The minimum Gasteiger partial charge on any atom is -0.485 e. The lowest BCUT2D eigenvalue weighted by molar-refractivity contribution is -0.128. The molecule has 2 aliphatic rings. The van der Waals surface area contributed by atoms with Crippen molar-refractivity contribution in [2.45, 2.75) is 23.7 Å². The third kappa shape index (κ3) is 4.62. The second kappa shape index (κ2) is 9.30. The first kappa shape index (κ1) is 22.7. The van der Waals surface area contributed by atoms with Crippen LogP contribution in [0.25, 0.3) is 5.69 Å². The number of carbonyl (C=O) groups is 1. The molecule has 2 unspecified atom stereocenters. The molecule has 3 aromatic rings. The lowest BCUT2D eigenvalue weighted by Crippen LogP contribution is -2.38. The molecule has 9 nitrogen and oxygen atoms in total. The molecule has 0 spiro atoms. The molecular weight excluding hydrogens is 476 g/mol. The Bertz CT molecular complexity index is 1300. The van der Waals surface area contributed by atoms with Gasteiger partial charge in [0.25, 0.3) is 0 Å². The van der Waals surface area contributed by atoms with Gasteiger partial charge in [-0.1, -0.05) is 42.1 Å². The Morgan fingerprint density at radius 3 is 2.59 bits per heavy atom. The SMILES string of the molecule is CN(C(=O)CSc1nnc(C2COc3ccccc3O2)n1-c1ccccc1)C1CCS(=O)(=O)C1. The highest BCUT2D eigenvalue weighted by Gasteiger charge is 2.33. The summed E-state index contributed by atoms with van der Waals surface area (Å²) >= 11 is 1.26. The van der Waals surface area contributed by atoms with Gasteiger partial charge < -0.3 is 14.4 Å². The van der Waals surface area contributed by atoms with Gasteiger partial charge in [0.2, 0.25) is 5.91 Å². The van der Waals surface area contributed by atoms with Crippen molar-refractivity contribution in [2.24, 2.45) is 0 Å². The number of sulfone groups is 1. The van der Waals surface area contributed by atoms with E-state index in [4.69, 9.17) is 9.47 Å². The van der Waals surface area contributed by atoms with Gasteiger partial charge in [-0.3, -0.25) is 9.36 Å². The van der Waals surface area contributed by atoms with Crippen LogP contribution in [-0.4, -0.2) is 70.9 Å². The monoisotopic (exact) mass is 500 g/mol. The molecule has 0 aliphatic carbocycles. The molecule has 1 fully saturated rings. The van der Waals surface area contributed by atoms with Crippen molar-refractivity contribution < 1.29 is 22.7 Å². The topological polar surface area (TPSA) is 104 Å². The summed E-state index contributed by atoms with van der Waals surface area (Å²) < 4.78 is 37.5. The fourth-order valence-corrected chi connectivity index (χ4v) is 6.72. The number of thioether (sulfide) groups is 1. The third-order valence-electron chi connectivity index (χ3n) is 5.94. The van der Waals surface area contributed by atoms with Crippen molar-refractivity contribution in [3.8, 4) is 17.2 Å². The average molecular weight is 501 g/mol. The van der Waals surface area contributed by atoms with Crippen molar-refractivity contribution in [3.63, 3.8) is 0 Å². The molecule has 0 bridgehead atoms. The highest BCUT2D eigenvalue weighted by Crippen LogP contribution is 2.37. The Labute approximate surface area is 202 Å². The fourth-order valence-electron chi connectivity index (χ4n) is 4.06. The quantitative estimate of drug-likeness (QED) is 0.476. The van der Waals surface area contributed by atoms with E-state index in [2.05, 4.69) is 10.2 Å². The number of ether oxygens (including phenoxy) is 2. The van der Waals surface area contributed by atoms with Crippen LogP contribution in [0.15, 0.2) is 59.8 Å². The summed E-state index contributed by atoms with van der Waals surface area (Å²) in [7, 11) is -1.41. The van der Waals surface area contributed by atoms with Crippen LogP contribution in [0.5, 0.6) is 11.5 Å². The van der Waals surface area contributed by atoms with Crippen LogP contribution in [0.4, 0.5) is 0 Å². The first-order valence-corrected chi connectivity index (χ1v) is 13.7. The normalized spacial score (nSPS) is 20.7. The number of hydrogen-bond donors (Lipinski definition) is 0. The molecule has 0 saturated carbocycles. The summed E-state index contributed by atoms with van der Waals surface area (Å²) in [5.41, 5.74) is 0.843. The Morgan fingerprint density at radius 2 is 1.85 bits per heavy atom. The molecule has 2 aliphatic heterocycles. The van der Waals surface area contributed by atoms with Crippen LogP contribution in [-0.2, 0) is 14.6 Å².